The van der Waals surface area contributed by atoms with Crippen molar-refractivity contribution in [1.82, 2.24) is 29.9 Å². The van der Waals surface area contributed by atoms with E-state index in [0.717, 1.165) is 0 Å². The van der Waals surface area contributed by atoms with Crippen LogP contribution < -0.4 is 10.6 Å². The third kappa shape index (κ3) is 5.07. The van der Waals surface area contributed by atoms with E-state index < -0.39 is 36.6 Å². The number of alkyl carbamates (subject to hydrolysis) is 1. The number of hydrogen-bond donors (Lipinski definition) is 3. The molecule has 3 aromatic heterocycles. The van der Waals surface area contributed by atoms with Gasteiger partial charge in [0.05, 0.1) is 24.6 Å². The van der Waals surface area contributed by atoms with Gasteiger partial charge in [-0.3, -0.25) is 9.50 Å². The Morgan fingerprint density at radius 2 is 2.15 bits per heavy atom. The van der Waals surface area contributed by atoms with Gasteiger partial charge in [-0.1, -0.05) is 0 Å². The number of imidazole rings is 1. The molecule has 4 rings (SSSR count). The molecule has 0 bridgehead atoms. The van der Waals surface area contributed by atoms with Gasteiger partial charge in [-0.05, 0) is 13.8 Å². The van der Waals surface area contributed by atoms with Crippen molar-refractivity contribution in [2.75, 3.05) is 19.0 Å². The Bertz CT molecular complexity index is 1150. The number of nitrogens with one attached hydrogen (secondary N) is 3. The van der Waals surface area contributed by atoms with Gasteiger partial charge in [0.15, 0.2) is 18.1 Å². The van der Waals surface area contributed by atoms with Gasteiger partial charge in [0.2, 0.25) is 5.95 Å². The van der Waals surface area contributed by atoms with Gasteiger partial charge in [0.25, 0.3) is 6.43 Å². The zero-order valence-corrected chi connectivity index (χ0v) is 18.6. The molecule has 0 unspecified atom stereocenters. The fourth-order valence-corrected chi connectivity index (χ4v) is 3.48. The van der Waals surface area contributed by atoms with Crippen LogP contribution >= 0.6 is 0 Å². The van der Waals surface area contributed by atoms with E-state index in [1.165, 1.54) is 23.6 Å². The molecule has 1 fully saturated rings. The zero-order valence-electron chi connectivity index (χ0n) is 18.6. The van der Waals surface area contributed by atoms with Crippen molar-refractivity contribution < 1.29 is 32.2 Å². The third-order valence-corrected chi connectivity index (χ3v) is 4.93. The molecule has 34 heavy (non-hydrogen) atoms. The topological polar surface area (TPSA) is 128 Å². The first kappa shape index (κ1) is 23.8. The van der Waals surface area contributed by atoms with Crippen molar-refractivity contribution >= 4 is 23.5 Å². The summed E-state index contributed by atoms with van der Waals surface area (Å²) >= 11 is 0. The lowest BCUT2D eigenvalue weighted by molar-refractivity contribution is 0.0615. The number of anilines is 2. The van der Waals surface area contributed by atoms with E-state index in [4.69, 9.17) is 14.2 Å². The Morgan fingerprint density at radius 1 is 1.35 bits per heavy atom. The second kappa shape index (κ2) is 9.85. The molecule has 184 valence electrons. The van der Waals surface area contributed by atoms with Crippen molar-refractivity contribution in [2.24, 2.45) is 0 Å². The first-order valence-electron chi connectivity index (χ1n) is 10.5. The predicted octanol–water partition coefficient (Wildman–Crippen LogP) is 3.19. The van der Waals surface area contributed by atoms with Crippen LogP contribution in [0.2, 0.25) is 0 Å². The number of fused-ring (bicyclic) bond motifs is 1. The second-order valence-electron chi connectivity index (χ2n) is 7.97. The fraction of sp³-hybridized carbons (Fsp3) is 0.500. The first-order valence-corrected chi connectivity index (χ1v) is 10.5. The minimum absolute atomic E-state index is 0.0383. The fourth-order valence-electron chi connectivity index (χ4n) is 3.48. The molecule has 11 nitrogen and oxygen atoms in total. The van der Waals surface area contributed by atoms with Crippen LogP contribution in [0.5, 0.6) is 0 Å². The Kier molecular flexibility index (Phi) is 6.88. The molecule has 14 heteroatoms. The molecule has 1 saturated heterocycles. The zero-order chi connectivity index (χ0) is 24.4. The average Bonchev–Trinajstić information content (AvgIpc) is 3.47. The van der Waals surface area contributed by atoms with Crippen molar-refractivity contribution in [3.63, 3.8) is 0 Å². The Balaban J connectivity index is 1.51. The van der Waals surface area contributed by atoms with Crippen LogP contribution in [0.15, 0.2) is 18.3 Å². The summed E-state index contributed by atoms with van der Waals surface area (Å²) in [7, 11) is 1.49. The summed E-state index contributed by atoms with van der Waals surface area (Å²) in [4.78, 5) is 20.0. The smallest absolute Gasteiger partial charge is 0.407 e. The molecule has 3 N–H and O–H groups in total. The van der Waals surface area contributed by atoms with Crippen LogP contribution in [0, 0.1) is 0 Å². The number of hydrogen-bond acceptors (Lipinski definition) is 8. The second-order valence-corrected chi connectivity index (χ2v) is 7.97. The molecule has 0 aliphatic carbocycles. The molecule has 0 radical (unpaired) electrons. The summed E-state index contributed by atoms with van der Waals surface area (Å²) < 4.78 is 58.7. The average molecular weight is 483 g/mol. The van der Waals surface area contributed by atoms with Gasteiger partial charge in [-0.2, -0.15) is 5.10 Å². The van der Waals surface area contributed by atoms with E-state index in [1.807, 2.05) is 0 Å². The summed E-state index contributed by atoms with van der Waals surface area (Å²) in [5.74, 6) is 0.228. The summed E-state index contributed by atoms with van der Waals surface area (Å²) in [6.07, 6.45) is -5.73. The Morgan fingerprint density at radius 3 is 2.85 bits per heavy atom. The number of aromatic nitrogens is 5. The molecule has 3 atom stereocenters. The molecule has 1 aliphatic rings. The summed E-state index contributed by atoms with van der Waals surface area (Å²) in [5.41, 5.74) is 0.576. The summed E-state index contributed by atoms with van der Waals surface area (Å²) in [6, 6.07) is 2.49. The van der Waals surface area contributed by atoms with Crippen LogP contribution in [-0.2, 0) is 20.8 Å². The van der Waals surface area contributed by atoms with Crippen LogP contribution in [0.25, 0.3) is 5.65 Å². The summed E-state index contributed by atoms with van der Waals surface area (Å²) in [5, 5.41) is 12.1. The van der Waals surface area contributed by atoms with E-state index in [-0.39, 0.29) is 42.4 Å². The maximum absolute atomic E-state index is 14.9. The Labute approximate surface area is 192 Å². The van der Waals surface area contributed by atoms with Crippen molar-refractivity contribution in [2.45, 2.75) is 51.3 Å². The number of amides is 1. The number of alkyl halides is 3. The van der Waals surface area contributed by atoms with E-state index >= 15 is 0 Å². The minimum atomic E-state index is -2.81. The highest BCUT2D eigenvalue weighted by Gasteiger charge is 2.42. The molecule has 1 aliphatic heterocycles. The molecule has 4 heterocycles. The maximum Gasteiger partial charge on any atom is 0.407 e. The highest BCUT2D eigenvalue weighted by atomic mass is 19.3. The van der Waals surface area contributed by atoms with Gasteiger partial charge in [0.1, 0.15) is 17.4 Å². The molecule has 3 aromatic rings. The SMILES string of the molecule is COCc1cn2c(Nc3cc([C@@H]4OC[C@H](OC(=O)NC(C)C)[C@H]4F)[nH]n3)nc(C(F)F)cc2n1. The normalized spacial score (nSPS) is 20.4. The number of nitrogens with zero attached hydrogens (tertiary/aromatic N) is 4. The van der Waals surface area contributed by atoms with Crippen LogP contribution in [0.4, 0.5) is 29.7 Å². The molecule has 1 amide bonds. The van der Waals surface area contributed by atoms with E-state index in [0.29, 0.717) is 5.69 Å². The lowest BCUT2D eigenvalue weighted by atomic mass is 10.1. The number of ether oxygens (including phenoxy) is 3. The minimum Gasteiger partial charge on any atom is -0.441 e. The van der Waals surface area contributed by atoms with Crippen LogP contribution in [0.3, 0.4) is 0 Å². The highest BCUT2D eigenvalue weighted by Crippen LogP contribution is 2.33. The highest BCUT2D eigenvalue weighted by molar-refractivity contribution is 5.67. The van der Waals surface area contributed by atoms with Gasteiger partial charge in [-0.25, -0.2) is 27.9 Å². The number of rotatable bonds is 8. The number of methoxy groups -OCH3 is 1. The number of carbonyl (C=O) groups is 1. The molecular weight excluding hydrogens is 459 g/mol. The van der Waals surface area contributed by atoms with Crippen molar-refractivity contribution in [3.8, 4) is 0 Å². The Hall–Kier alpha value is -3.39. The van der Waals surface area contributed by atoms with Gasteiger partial charge in [0, 0.05) is 31.5 Å². The van der Waals surface area contributed by atoms with E-state index in [2.05, 4.69) is 30.8 Å². The summed E-state index contributed by atoms with van der Waals surface area (Å²) in [6.45, 7) is 3.56. The van der Waals surface area contributed by atoms with Gasteiger partial charge in [-0.15, -0.1) is 0 Å². The quantitative estimate of drug-likeness (QED) is 0.446. The number of aromatic amines is 1. The lowest BCUT2D eigenvalue weighted by Crippen LogP contribution is -2.36. The van der Waals surface area contributed by atoms with E-state index in [9.17, 15) is 18.0 Å². The standard InChI is InChI=1S/C20H24F3N7O4/c1-9(2)24-20(31)34-13-8-33-17(16(13)21)11-4-14(29-28-11)27-19-26-12(18(22)23)5-15-25-10(7-32-3)6-30(15)19/h4-6,9,13,16-18H,7-8H2,1-3H3,(H,24,31)(H2,26,27,28,29)/t13-,16+,17-/m0/s1. The number of H-pyrrole nitrogens is 1. The number of halogens is 3. The third-order valence-electron chi connectivity index (χ3n) is 4.93. The molecule has 0 aromatic carbocycles. The van der Waals surface area contributed by atoms with E-state index in [1.54, 1.807) is 20.0 Å². The maximum atomic E-state index is 14.9. The van der Waals surface area contributed by atoms with Gasteiger partial charge < -0.3 is 24.8 Å². The largest absolute Gasteiger partial charge is 0.441 e. The molecular formula is C20H24F3N7O4. The molecule has 0 saturated carbocycles. The van der Waals surface area contributed by atoms with Crippen molar-refractivity contribution in [3.05, 3.63) is 35.4 Å². The first-order chi connectivity index (χ1) is 16.2. The van der Waals surface area contributed by atoms with Crippen molar-refractivity contribution in [1.29, 1.82) is 0 Å². The lowest BCUT2D eigenvalue weighted by Gasteiger charge is -2.16. The van der Waals surface area contributed by atoms with Gasteiger partial charge >= 0.3 is 6.09 Å². The predicted molar refractivity (Wildman–Crippen MR) is 113 cm³/mol. The van der Waals surface area contributed by atoms with Crippen LogP contribution in [-0.4, -0.2) is 62.7 Å². The number of carbonyl (C=O) groups excluding carboxylic acids is 1. The van der Waals surface area contributed by atoms with Crippen LogP contribution in [0.1, 0.15) is 43.5 Å². The molecule has 0 spiro atoms. The monoisotopic (exact) mass is 483 g/mol.